The Labute approximate surface area is 141 Å². The van der Waals surface area contributed by atoms with Gasteiger partial charge in [0, 0.05) is 18.5 Å². The Kier molecular flexibility index (Phi) is 3.89. The number of amides is 1. The number of carbonyl (C=O) groups is 1. The van der Waals surface area contributed by atoms with Crippen LogP contribution in [0.1, 0.15) is 43.7 Å². The highest BCUT2D eigenvalue weighted by Crippen LogP contribution is 2.50. The molecule has 3 N–H and O–H groups in total. The number of primary amides is 1. The Hall–Kier alpha value is -1.79. The molecule has 24 heavy (non-hydrogen) atoms. The molecule has 2 aliphatic heterocycles. The molecule has 4 rings (SSSR count). The maximum absolute atomic E-state index is 11.5. The molecule has 2 fully saturated rings. The highest BCUT2D eigenvalue weighted by atomic mass is 16.7. The number of rotatable bonds is 3. The minimum absolute atomic E-state index is 0.0222. The molecule has 3 atom stereocenters. The van der Waals surface area contributed by atoms with Gasteiger partial charge < -0.3 is 20.3 Å². The SMILES string of the molecule is NC(=O)CN1CCC2(O)CCCCC2C1c1ccc2c(c1)OCO2. The van der Waals surface area contributed by atoms with Crippen LogP contribution in [0.5, 0.6) is 11.5 Å². The molecule has 1 aliphatic carbocycles. The van der Waals surface area contributed by atoms with Crippen LogP contribution < -0.4 is 15.2 Å². The van der Waals surface area contributed by atoms with E-state index < -0.39 is 5.60 Å². The second-order valence-electron chi connectivity index (χ2n) is 7.20. The van der Waals surface area contributed by atoms with Gasteiger partial charge >= 0.3 is 0 Å². The summed E-state index contributed by atoms with van der Waals surface area (Å²) >= 11 is 0. The lowest BCUT2D eigenvalue weighted by molar-refractivity contribution is -0.136. The molecule has 6 nitrogen and oxygen atoms in total. The quantitative estimate of drug-likeness (QED) is 0.877. The van der Waals surface area contributed by atoms with Gasteiger partial charge in [-0.05, 0) is 37.0 Å². The van der Waals surface area contributed by atoms with Gasteiger partial charge in [0.25, 0.3) is 0 Å². The summed E-state index contributed by atoms with van der Waals surface area (Å²) in [5.41, 5.74) is 5.88. The third-order valence-corrected chi connectivity index (χ3v) is 5.77. The van der Waals surface area contributed by atoms with Crippen LogP contribution in [0.15, 0.2) is 18.2 Å². The Morgan fingerprint density at radius 3 is 2.96 bits per heavy atom. The summed E-state index contributed by atoms with van der Waals surface area (Å²) in [4.78, 5) is 13.7. The van der Waals surface area contributed by atoms with Crippen molar-refractivity contribution in [3.8, 4) is 11.5 Å². The number of benzene rings is 1. The molecule has 1 amide bonds. The fourth-order valence-corrected chi connectivity index (χ4v) is 4.66. The summed E-state index contributed by atoms with van der Waals surface area (Å²) in [6.07, 6.45) is 4.68. The van der Waals surface area contributed by atoms with E-state index in [0.29, 0.717) is 13.0 Å². The molecule has 0 aromatic heterocycles. The second kappa shape index (κ2) is 5.93. The fraction of sp³-hybridized carbons (Fsp3) is 0.611. The van der Waals surface area contributed by atoms with Gasteiger partial charge in [0.2, 0.25) is 12.7 Å². The van der Waals surface area contributed by atoms with Crippen LogP contribution in [0.25, 0.3) is 0 Å². The highest BCUT2D eigenvalue weighted by molar-refractivity contribution is 5.76. The lowest BCUT2D eigenvalue weighted by Gasteiger charge is -2.52. The summed E-state index contributed by atoms with van der Waals surface area (Å²) in [5, 5.41) is 11.2. The Morgan fingerprint density at radius 1 is 1.29 bits per heavy atom. The van der Waals surface area contributed by atoms with Gasteiger partial charge in [-0.3, -0.25) is 9.69 Å². The topological polar surface area (TPSA) is 85.0 Å². The molecule has 130 valence electrons. The first-order valence-electron chi connectivity index (χ1n) is 8.71. The maximum atomic E-state index is 11.5. The minimum atomic E-state index is -0.645. The molecular formula is C18H24N2O4. The smallest absolute Gasteiger partial charge is 0.231 e. The van der Waals surface area contributed by atoms with Gasteiger partial charge in [0.1, 0.15) is 0 Å². The number of ether oxygens (including phenoxy) is 2. The van der Waals surface area contributed by atoms with Crippen LogP contribution >= 0.6 is 0 Å². The first kappa shape index (κ1) is 15.7. The van der Waals surface area contributed by atoms with E-state index in [-0.39, 0.29) is 31.2 Å². The molecule has 0 spiro atoms. The Balaban J connectivity index is 1.72. The largest absolute Gasteiger partial charge is 0.454 e. The van der Waals surface area contributed by atoms with Crippen molar-refractivity contribution in [3.05, 3.63) is 23.8 Å². The molecule has 1 saturated carbocycles. The first-order valence-corrected chi connectivity index (χ1v) is 8.71. The molecule has 6 heteroatoms. The lowest BCUT2D eigenvalue weighted by Crippen LogP contribution is -2.56. The number of piperidine rings is 1. The van der Waals surface area contributed by atoms with Crippen LogP contribution in [-0.4, -0.2) is 41.4 Å². The highest BCUT2D eigenvalue weighted by Gasteiger charge is 2.49. The van der Waals surface area contributed by atoms with Crippen LogP contribution in [0.3, 0.4) is 0 Å². The zero-order valence-corrected chi connectivity index (χ0v) is 13.7. The zero-order chi connectivity index (χ0) is 16.7. The van der Waals surface area contributed by atoms with Crippen molar-refractivity contribution in [2.24, 2.45) is 11.7 Å². The van der Waals surface area contributed by atoms with Gasteiger partial charge in [0.05, 0.1) is 12.1 Å². The summed E-state index contributed by atoms with van der Waals surface area (Å²) in [6, 6.07) is 5.90. The molecule has 3 aliphatic rings. The van der Waals surface area contributed by atoms with Gasteiger partial charge in [-0.25, -0.2) is 0 Å². The predicted molar refractivity (Wildman–Crippen MR) is 87.6 cm³/mol. The molecule has 0 bridgehead atoms. The predicted octanol–water partition coefficient (Wildman–Crippen LogP) is 1.57. The van der Waals surface area contributed by atoms with Gasteiger partial charge in [-0.15, -0.1) is 0 Å². The van der Waals surface area contributed by atoms with Crippen molar-refractivity contribution >= 4 is 5.91 Å². The maximum Gasteiger partial charge on any atom is 0.231 e. The number of likely N-dealkylation sites (tertiary alicyclic amines) is 1. The van der Waals surface area contributed by atoms with Crippen LogP contribution in [0.2, 0.25) is 0 Å². The van der Waals surface area contributed by atoms with Crippen molar-refractivity contribution < 1.29 is 19.4 Å². The summed E-state index contributed by atoms with van der Waals surface area (Å²) in [6.45, 7) is 1.13. The van der Waals surface area contributed by atoms with E-state index in [1.165, 1.54) is 0 Å². The van der Waals surface area contributed by atoms with Gasteiger partial charge in [-0.1, -0.05) is 18.9 Å². The average molecular weight is 332 g/mol. The Bertz CT molecular complexity index is 650. The van der Waals surface area contributed by atoms with Crippen LogP contribution in [-0.2, 0) is 4.79 Å². The summed E-state index contributed by atoms with van der Waals surface area (Å²) in [5.74, 6) is 1.26. The molecular weight excluding hydrogens is 308 g/mol. The number of fused-ring (bicyclic) bond motifs is 2. The molecule has 1 aromatic carbocycles. The van der Waals surface area contributed by atoms with E-state index in [1.54, 1.807) is 0 Å². The van der Waals surface area contributed by atoms with Crippen molar-refractivity contribution in [1.29, 1.82) is 0 Å². The number of nitrogens with zero attached hydrogens (tertiary/aromatic N) is 1. The lowest BCUT2D eigenvalue weighted by atomic mass is 9.66. The van der Waals surface area contributed by atoms with Crippen molar-refractivity contribution in [2.75, 3.05) is 19.9 Å². The van der Waals surface area contributed by atoms with E-state index in [0.717, 1.165) is 42.7 Å². The molecule has 0 radical (unpaired) electrons. The van der Waals surface area contributed by atoms with E-state index in [1.807, 2.05) is 18.2 Å². The number of hydrogen-bond donors (Lipinski definition) is 2. The van der Waals surface area contributed by atoms with Crippen molar-refractivity contribution in [3.63, 3.8) is 0 Å². The Morgan fingerprint density at radius 2 is 2.12 bits per heavy atom. The number of hydrogen-bond acceptors (Lipinski definition) is 5. The van der Waals surface area contributed by atoms with Crippen molar-refractivity contribution in [1.82, 2.24) is 4.90 Å². The van der Waals surface area contributed by atoms with Crippen LogP contribution in [0, 0.1) is 5.92 Å². The van der Waals surface area contributed by atoms with Crippen molar-refractivity contribution in [2.45, 2.75) is 43.7 Å². The number of carbonyl (C=O) groups excluding carboxylic acids is 1. The average Bonchev–Trinajstić information content (AvgIpc) is 3.02. The number of nitrogens with two attached hydrogens (primary N) is 1. The van der Waals surface area contributed by atoms with Gasteiger partial charge in [-0.2, -0.15) is 0 Å². The third kappa shape index (κ3) is 2.63. The second-order valence-corrected chi connectivity index (χ2v) is 7.20. The van der Waals surface area contributed by atoms with Crippen LogP contribution in [0.4, 0.5) is 0 Å². The molecule has 1 saturated heterocycles. The summed E-state index contributed by atoms with van der Waals surface area (Å²) < 4.78 is 10.9. The van der Waals surface area contributed by atoms with Gasteiger partial charge in [0.15, 0.2) is 11.5 Å². The monoisotopic (exact) mass is 332 g/mol. The van der Waals surface area contributed by atoms with E-state index >= 15 is 0 Å². The minimum Gasteiger partial charge on any atom is -0.454 e. The number of aliphatic hydroxyl groups is 1. The fourth-order valence-electron chi connectivity index (χ4n) is 4.66. The molecule has 2 heterocycles. The zero-order valence-electron chi connectivity index (χ0n) is 13.7. The van der Waals surface area contributed by atoms with E-state index in [4.69, 9.17) is 15.2 Å². The first-order chi connectivity index (χ1) is 11.6. The normalized spacial score (nSPS) is 32.4. The van der Waals surface area contributed by atoms with E-state index in [9.17, 15) is 9.90 Å². The standard InChI is InChI=1S/C18H24N2O4/c19-16(21)10-20-8-7-18(22)6-2-1-3-13(18)17(20)12-4-5-14-15(9-12)24-11-23-14/h4-5,9,13,17,22H,1-3,6-8,10-11H2,(H2,19,21). The third-order valence-electron chi connectivity index (χ3n) is 5.77. The molecule has 1 aromatic rings. The summed E-state index contributed by atoms with van der Waals surface area (Å²) in [7, 11) is 0. The van der Waals surface area contributed by atoms with E-state index in [2.05, 4.69) is 4.90 Å². The molecule has 3 unspecified atom stereocenters.